The van der Waals surface area contributed by atoms with Crippen molar-refractivity contribution >= 4 is 0 Å². The second-order valence-corrected chi connectivity index (χ2v) is 2.69. The Morgan fingerprint density at radius 3 is 2.23 bits per heavy atom. The van der Waals surface area contributed by atoms with Gasteiger partial charge in [0, 0.05) is 18.2 Å². The van der Waals surface area contributed by atoms with E-state index in [1.807, 2.05) is 0 Å². The smallest absolute Gasteiger partial charge is 0.161 e. The molecule has 1 aromatic carbocycles. The van der Waals surface area contributed by atoms with Crippen molar-refractivity contribution in [1.82, 2.24) is 0 Å². The van der Waals surface area contributed by atoms with Crippen LogP contribution in [-0.4, -0.2) is 0 Å². The standard InChI is InChI=1S/C9H8F3N/c1-5(13)2-6-3-8(11)9(12)4-7(6)10/h3-4H,1-2,13H2. The lowest BCUT2D eigenvalue weighted by molar-refractivity contribution is 0.491. The Hall–Kier alpha value is -1.45. The van der Waals surface area contributed by atoms with Crippen molar-refractivity contribution in [2.24, 2.45) is 5.73 Å². The summed E-state index contributed by atoms with van der Waals surface area (Å²) >= 11 is 0. The van der Waals surface area contributed by atoms with E-state index < -0.39 is 17.5 Å². The molecular weight excluding hydrogens is 179 g/mol. The Morgan fingerprint density at radius 1 is 1.15 bits per heavy atom. The van der Waals surface area contributed by atoms with Crippen LogP contribution in [0.3, 0.4) is 0 Å². The number of hydrogen-bond donors (Lipinski definition) is 1. The highest BCUT2D eigenvalue weighted by molar-refractivity contribution is 5.23. The highest BCUT2D eigenvalue weighted by Gasteiger charge is 2.09. The fraction of sp³-hybridized carbons (Fsp3) is 0.111. The van der Waals surface area contributed by atoms with Gasteiger partial charge in [0.25, 0.3) is 0 Å². The van der Waals surface area contributed by atoms with Crippen molar-refractivity contribution in [2.75, 3.05) is 0 Å². The van der Waals surface area contributed by atoms with Gasteiger partial charge in [-0.2, -0.15) is 0 Å². The minimum absolute atomic E-state index is 0.00301. The van der Waals surface area contributed by atoms with Gasteiger partial charge in [-0.3, -0.25) is 0 Å². The van der Waals surface area contributed by atoms with E-state index in [0.717, 1.165) is 6.07 Å². The van der Waals surface area contributed by atoms with E-state index in [9.17, 15) is 13.2 Å². The minimum Gasteiger partial charge on any atom is -0.402 e. The second kappa shape index (κ2) is 3.51. The van der Waals surface area contributed by atoms with Crippen LogP contribution in [0.5, 0.6) is 0 Å². The molecule has 70 valence electrons. The molecule has 13 heavy (non-hydrogen) atoms. The summed E-state index contributed by atoms with van der Waals surface area (Å²) < 4.78 is 37.9. The largest absolute Gasteiger partial charge is 0.402 e. The third kappa shape index (κ3) is 2.24. The minimum atomic E-state index is -1.20. The summed E-state index contributed by atoms with van der Waals surface area (Å²) in [7, 11) is 0. The van der Waals surface area contributed by atoms with Crippen LogP contribution in [0.15, 0.2) is 24.4 Å². The van der Waals surface area contributed by atoms with Gasteiger partial charge in [0.15, 0.2) is 11.6 Å². The summed E-state index contributed by atoms with van der Waals surface area (Å²) in [6.07, 6.45) is 0.00301. The molecule has 2 N–H and O–H groups in total. The van der Waals surface area contributed by atoms with Crippen LogP contribution in [0.4, 0.5) is 13.2 Å². The quantitative estimate of drug-likeness (QED) is 0.705. The predicted molar refractivity (Wildman–Crippen MR) is 43.3 cm³/mol. The SMILES string of the molecule is C=C(N)Cc1cc(F)c(F)cc1F. The molecule has 0 radical (unpaired) electrons. The summed E-state index contributed by atoms with van der Waals surface area (Å²) in [6, 6.07) is 1.27. The molecule has 0 saturated carbocycles. The Morgan fingerprint density at radius 2 is 1.69 bits per heavy atom. The molecule has 0 amide bonds. The van der Waals surface area contributed by atoms with E-state index in [4.69, 9.17) is 5.73 Å². The summed E-state index contributed by atoms with van der Waals surface area (Å²) in [5.41, 5.74) is 5.41. The Bertz CT molecular complexity index is 347. The molecule has 0 bridgehead atoms. The average molecular weight is 187 g/mol. The molecule has 1 rings (SSSR count). The summed E-state index contributed by atoms with van der Waals surface area (Å²) in [5.74, 6) is -3.10. The topological polar surface area (TPSA) is 26.0 Å². The van der Waals surface area contributed by atoms with Crippen LogP contribution in [0, 0.1) is 17.5 Å². The molecule has 0 aliphatic rings. The van der Waals surface area contributed by atoms with Gasteiger partial charge in [-0.05, 0) is 11.6 Å². The van der Waals surface area contributed by atoms with Crippen LogP contribution in [0.2, 0.25) is 0 Å². The normalized spacial score (nSPS) is 10.1. The van der Waals surface area contributed by atoms with Gasteiger partial charge in [0.05, 0.1) is 0 Å². The highest BCUT2D eigenvalue weighted by atomic mass is 19.2. The van der Waals surface area contributed by atoms with Crippen molar-refractivity contribution in [3.05, 3.63) is 47.4 Å². The fourth-order valence-corrected chi connectivity index (χ4v) is 0.944. The number of nitrogens with two attached hydrogens (primary N) is 1. The van der Waals surface area contributed by atoms with Gasteiger partial charge < -0.3 is 5.73 Å². The number of hydrogen-bond acceptors (Lipinski definition) is 1. The first-order valence-electron chi connectivity index (χ1n) is 3.57. The first kappa shape index (κ1) is 9.64. The van der Waals surface area contributed by atoms with Crippen LogP contribution >= 0.6 is 0 Å². The van der Waals surface area contributed by atoms with E-state index in [1.165, 1.54) is 0 Å². The zero-order valence-corrected chi connectivity index (χ0v) is 6.78. The molecule has 0 aliphatic carbocycles. The maximum atomic E-state index is 12.9. The van der Waals surface area contributed by atoms with E-state index in [1.54, 1.807) is 0 Å². The molecule has 0 spiro atoms. The summed E-state index contributed by atoms with van der Waals surface area (Å²) in [6.45, 7) is 3.34. The Balaban J connectivity index is 3.08. The maximum absolute atomic E-state index is 12.9. The summed E-state index contributed by atoms with van der Waals surface area (Å²) in [5, 5.41) is 0. The van der Waals surface area contributed by atoms with E-state index in [2.05, 4.69) is 6.58 Å². The monoisotopic (exact) mass is 187 g/mol. The number of benzene rings is 1. The van der Waals surface area contributed by atoms with Gasteiger partial charge in [-0.15, -0.1) is 0 Å². The Kier molecular flexibility index (Phi) is 2.60. The average Bonchev–Trinajstić information content (AvgIpc) is 1.99. The van der Waals surface area contributed by atoms with E-state index >= 15 is 0 Å². The zero-order chi connectivity index (χ0) is 10.0. The highest BCUT2D eigenvalue weighted by Crippen LogP contribution is 2.15. The lowest BCUT2D eigenvalue weighted by Crippen LogP contribution is -2.02. The second-order valence-electron chi connectivity index (χ2n) is 2.69. The molecule has 0 saturated heterocycles. The van der Waals surface area contributed by atoms with Crippen molar-refractivity contribution in [3.63, 3.8) is 0 Å². The molecule has 1 nitrogen and oxygen atoms in total. The molecular formula is C9H8F3N. The van der Waals surface area contributed by atoms with Crippen molar-refractivity contribution in [2.45, 2.75) is 6.42 Å². The van der Waals surface area contributed by atoms with Crippen LogP contribution in [0.1, 0.15) is 5.56 Å². The molecule has 0 fully saturated rings. The van der Waals surface area contributed by atoms with E-state index in [-0.39, 0.29) is 17.7 Å². The van der Waals surface area contributed by atoms with Gasteiger partial charge in [-0.1, -0.05) is 6.58 Å². The molecule has 0 unspecified atom stereocenters. The molecule has 0 aromatic heterocycles. The van der Waals surface area contributed by atoms with Crippen LogP contribution in [0.25, 0.3) is 0 Å². The van der Waals surface area contributed by atoms with Crippen LogP contribution in [-0.2, 0) is 6.42 Å². The van der Waals surface area contributed by atoms with Gasteiger partial charge in [0.1, 0.15) is 5.82 Å². The number of halogens is 3. The van der Waals surface area contributed by atoms with Gasteiger partial charge >= 0.3 is 0 Å². The third-order valence-electron chi connectivity index (χ3n) is 1.51. The molecule has 0 heterocycles. The van der Waals surface area contributed by atoms with Crippen LogP contribution < -0.4 is 5.73 Å². The predicted octanol–water partition coefficient (Wildman–Crippen LogP) is 2.12. The fourth-order valence-electron chi connectivity index (χ4n) is 0.944. The van der Waals surface area contributed by atoms with Crippen molar-refractivity contribution in [1.29, 1.82) is 0 Å². The van der Waals surface area contributed by atoms with E-state index in [0.29, 0.717) is 6.07 Å². The van der Waals surface area contributed by atoms with Gasteiger partial charge in [-0.25, -0.2) is 13.2 Å². The lowest BCUT2D eigenvalue weighted by Gasteiger charge is -2.03. The summed E-state index contributed by atoms with van der Waals surface area (Å²) in [4.78, 5) is 0. The number of allylic oxidation sites excluding steroid dienone is 1. The zero-order valence-electron chi connectivity index (χ0n) is 6.78. The van der Waals surface area contributed by atoms with Crippen molar-refractivity contribution in [3.8, 4) is 0 Å². The third-order valence-corrected chi connectivity index (χ3v) is 1.51. The maximum Gasteiger partial charge on any atom is 0.161 e. The van der Waals surface area contributed by atoms with Gasteiger partial charge in [0.2, 0.25) is 0 Å². The number of rotatable bonds is 2. The Labute approximate surface area is 73.7 Å². The molecule has 4 heteroatoms. The lowest BCUT2D eigenvalue weighted by atomic mass is 10.1. The first-order chi connectivity index (χ1) is 6.00. The molecule has 0 atom stereocenters. The molecule has 1 aromatic rings. The van der Waals surface area contributed by atoms with Crippen molar-refractivity contribution < 1.29 is 13.2 Å². The molecule has 0 aliphatic heterocycles. The first-order valence-corrected chi connectivity index (χ1v) is 3.57.